The van der Waals surface area contributed by atoms with Crippen molar-refractivity contribution in [2.75, 3.05) is 13.2 Å². The maximum atomic E-state index is 12.2. The molecule has 6 nitrogen and oxygen atoms in total. The van der Waals surface area contributed by atoms with E-state index in [0.717, 1.165) is 12.8 Å². The lowest BCUT2D eigenvalue weighted by Gasteiger charge is -2.14. The predicted molar refractivity (Wildman–Crippen MR) is 114 cm³/mol. The highest BCUT2D eigenvalue weighted by Crippen LogP contribution is 2.16. The van der Waals surface area contributed by atoms with E-state index < -0.39 is 10.0 Å². The molecule has 29 heavy (non-hydrogen) atoms. The van der Waals surface area contributed by atoms with Crippen LogP contribution in [0.3, 0.4) is 0 Å². The van der Waals surface area contributed by atoms with E-state index in [1.807, 2.05) is 39.0 Å². The third-order valence-corrected chi connectivity index (χ3v) is 5.74. The van der Waals surface area contributed by atoms with Crippen LogP contribution in [0.1, 0.15) is 32.8 Å². The summed E-state index contributed by atoms with van der Waals surface area (Å²) in [5.41, 5.74) is 1.24. The molecule has 0 saturated carbocycles. The molecule has 0 aliphatic carbocycles. The molecule has 2 rings (SSSR count). The van der Waals surface area contributed by atoms with Crippen LogP contribution in [-0.2, 0) is 21.2 Å². The maximum Gasteiger partial charge on any atom is 0.258 e. The van der Waals surface area contributed by atoms with Gasteiger partial charge < -0.3 is 10.1 Å². The molecule has 0 fully saturated rings. The van der Waals surface area contributed by atoms with Gasteiger partial charge in [-0.1, -0.05) is 44.2 Å². The SMILES string of the molecule is CC(C)CNS(=O)(=O)c1ccc(OCC(=O)N[C@H](C)CCc2ccccc2)cc1. The van der Waals surface area contributed by atoms with Crippen LogP contribution in [0.2, 0.25) is 0 Å². The Morgan fingerprint density at radius 3 is 2.28 bits per heavy atom. The van der Waals surface area contributed by atoms with Gasteiger partial charge in [0.15, 0.2) is 6.61 Å². The molecular weight excluding hydrogens is 388 g/mol. The molecule has 0 heterocycles. The lowest BCUT2D eigenvalue weighted by molar-refractivity contribution is -0.123. The number of aryl methyl sites for hydroxylation is 1. The summed E-state index contributed by atoms with van der Waals surface area (Å²) < 4.78 is 32.4. The van der Waals surface area contributed by atoms with Gasteiger partial charge >= 0.3 is 0 Å². The number of hydrogen-bond acceptors (Lipinski definition) is 4. The van der Waals surface area contributed by atoms with Gasteiger partial charge in [0.05, 0.1) is 4.90 Å². The Hall–Kier alpha value is -2.38. The molecule has 1 amide bonds. The number of carbonyl (C=O) groups excluding carboxylic acids is 1. The van der Waals surface area contributed by atoms with Gasteiger partial charge in [-0.05, 0) is 55.5 Å². The average Bonchev–Trinajstić information content (AvgIpc) is 2.70. The second-order valence-corrected chi connectivity index (χ2v) is 9.27. The van der Waals surface area contributed by atoms with Crippen LogP contribution >= 0.6 is 0 Å². The first-order valence-corrected chi connectivity index (χ1v) is 11.3. The highest BCUT2D eigenvalue weighted by atomic mass is 32.2. The lowest BCUT2D eigenvalue weighted by atomic mass is 10.1. The average molecular weight is 419 g/mol. The molecule has 2 aromatic rings. The summed E-state index contributed by atoms with van der Waals surface area (Å²) in [5, 5.41) is 2.91. The Morgan fingerprint density at radius 1 is 1.00 bits per heavy atom. The van der Waals surface area contributed by atoms with Gasteiger partial charge in [0, 0.05) is 12.6 Å². The fourth-order valence-electron chi connectivity index (χ4n) is 2.64. The molecule has 2 aromatic carbocycles. The van der Waals surface area contributed by atoms with Crippen molar-refractivity contribution in [1.29, 1.82) is 0 Å². The van der Waals surface area contributed by atoms with Crippen molar-refractivity contribution in [2.45, 2.75) is 44.6 Å². The van der Waals surface area contributed by atoms with Crippen LogP contribution in [0, 0.1) is 5.92 Å². The van der Waals surface area contributed by atoms with Gasteiger partial charge in [-0.15, -0.1) is 0 Å². The zero-order valence-corrected chi connectivity index (χ0v) is 18.0. The molecule has 0 unspecified atom stereocenters. The molecule has 0 aromatic heterocycles. The van der Waals surface area contributed by atoms with E-state index in [1.54, 1.807) is 12.1 Å². The minimum atomic E-state index is -3.53. The van der Waals surface area contributed by atoms with Crippen molar-refractivity contribution in [3.63, 3.8) is 0 Å². The number of benzene rings is 2. The zero-order valence-electron chi connectivity index (χ0n) is 17.2. The number of sulfonamides is 1. The molecule has 0 aliphatic heterocycles. The van der Waals surface area contributed by atoms with E-state index >= 15 is 0 Å². The summed E-state index contributed by atoms with van der Waals surface area (Å²) in [7, 11) is -3.53. The number of hydrogen-bond donors (Lipinski definition) is 2. The third-order valence-electron chi connectivity index (χ3n) is 4.30. The van der Waals surface area contributed by atoms with E-state index in [2.05, 4.69) is 22.2 Å². The van der Waals surface area contributed by atoms with Crippen molar-refractivity contribution in [3.8, 4) is 5.75 Å². The van der Waals surface area contributed by atoms with Gasteiger partial charge in [-0.3, -0.25) is 4.79 Å². The number of carbonyl (C=O) groups is 1. The van der Waals surface area contributed by atoms with Gasteiger partial charge in [-0.25, -0.2) is 13.1 Å². The van der Waals surface area contributed by atoms with Gasteiger partial charge in [-0.2, -0.15) is 0 Å². The van der Waals surface area contributed by atoms with E-state index in [0.29, 0.717) is 12.3 Å². The number of amides is 1. The second kappa shape index (κ2) is 11.0. The molecule has 0 aliphatic rings. The van der Waals surface area contributed by atoms with Crippen LogP contribution in [0.5, 0.6) is 5.75 Å². The minimum absolute atomic E-state index is 0.0332. The van der Waals surface area contributed by atoms with Crippen molar-refractivity contribution in [3.05, 3.63) is 60.2 Å². The van der Waals surface area contributed by atoms with Crippen molar-refractivity contribution in [2.24, 2.45) is 5.92 Å². The van der Waals surface area contributed by atoms with Gasteiger partial charge in [0.2, 0.25) is 10.0 Å². The van der Waals surface area contributed by atoms with Crippen LogP contribution < -0.4 is 14.8 Å². The Labute approximate surface area is 173 Å². The van der Waals surface area contributed by atoms with E-state index in [-0.39, 0.29) is 29.4 Å². The summed E-state index contributed by atoms with van der Waals surface area (Å²) in [6.07, 6.45) is 1.73. The molecule has 2 N–H and O–H groups in total. The number of nitrogens with one attached hydrogen (secondary N) is 2. The highest BCUT2D eigenvalue weighted by molar-refractivity contribution is 7.89. The molecule has 0 spiro atoms. The molecular formula is C22H30N2O4S. The molecule has 1 atom stereocenters. The third kappa shape index (κ3) is 8.25. The number of ether oxygens (including phenoxy) is 1. The van der Waals surface area contributed by atoms with Gasteiger partial charge in [0.25, 0.3) is 5.91 Å². The molecule has 0 saturated heterocycles. The van der Waals surface area contributed by atoms with Crippen molar-refractivity contribution >= 4 is 15.9 Å². The van der Waals surface area contributed by atoms with Crippen LogP contribution in [-0.4, -0.2) is 33.5 Å². The fraction of sp³-hybridized carbons (Fsp3) is 0.409. The molecule has 158 valence electrons. The normalized spacial score (nSPS) is 12.6. The Morgan fingerprint density at radius 2 is 1.66 bits per heavy atom. The molecule has 0 bridgehead atoms. The first-order chi connectivity index (χ1) is 13.8. The molecule has 0 radical (unpaired) electrons. The summed E-state index contributed by atoms with van der Waals surface area (Å²) in [6, 6.07) is 16.2. The summed E-state index contributed by atoms with van der Waals surface area (Å²) >= 11 is 0. The standard InChI is InChI=1S/C22H30N2O4S/c1-17(2)15-23-29(26,27)21-13-11-20(12-14-21)28-16-22(25)24-18(3)9-10-19-7-5-4-6-8-19/h4-8,11-14,17-18,23H,9-10,15-16H2,1-3H3,(H,24,25)/t18-/m1/s1. The van der Waals surface area contributed by atoms with E-state index in [4.69, 9.17) is 4.74 Å². The zero-order chi connectivity index (χ0) is 21.3. The summed E-state index contributed by atoms with van der Waals surface area (Å²) in [6.45, 7) is 6.10. The first-order valence-electron chi connectivity index (χ1n) is 9.82. The van der Waals surface area contributed by atoms with Crippen LogP contribution in [0.25, 0.3) is 0 Å². The monoisotopic (exact) mass is 418 g/mol. The van der Waals surface area contributed by atoms with Crippen LogP contribution in [0.15, 0.2) is 59.5 Å². The Balaban J connectivity index is 1.76. The Bertz CT molecular complexity index is 865. The second-order valence-electron chi connectivity index (χ2n) is 7.50. The first kappa shape index (κ1) is 22.9. The quantitative estimate of drug-likeness (QED) is 0.587. The van der Waals surface area contributed by atoms with Crippen molar-refractivity contribution < 1.29 is 17.9 Å². The minimum Gasteiger partial charge on any atom is -0.484 e. The number of rotatable bonds is 11. The molecule has 7 heteroatoms. The summed E-state index contributed by atoms with van der Waals surface area (Å²) in [5.74, 6) is 0.460. The smallest absolute Gasteiger partial charge is 0.258 e. The lowest BCUT2D eigenvalue weighted by Crippen LogP contribution is -2.36. The van der Waals surface area contributed by atoms with Gasteiger partial charge in [0.1, 0.15) is 5.75 Å². The topological polar surface area (TPSA) is 84.5 Å². The largest absolute Gasteiger partial charge is 0.484 e. The Kier molecular flexibility index (Phi) is 8.67. The highest BCUT2D eigenvalue weighted by Gasteiger charge is 2.14. The summed E-state index contributed by atoms with van der Waals surface area (Å²) in [4.78, 5) is 12.2. The van der Waals surface area contributed by atoms with E-state index in [1.165, 1.54) is 17.7 Å². The fourth-order valence-corrected chi connectivity index (χ4v) is 3.85. The predicted octanol–water partition coefficient (Wildman–Crippen LogP) is 3.14. The maximum absolute atomic E-state index is 12.2. The van der Waals surface area contributed by atoms with E-state index in [9.17, 15) is 13.2 Å². The van der Waals surface area contributed by atoms with Crippen molar-refractivity contribution in [1.82, 2.24) is 10.0 Å². The van der Waals surface area contributed by atoms with Crippen LogP contribution in [0.4, 0.5) is 0 Å².